The molecule has 0 aliphatic carbocycles. The molecule has 0 spiro atoms. The third kappa shape index (κ3) is 13.9. The number of pyridine rings is 1. The normalized spacial score (nSPS) is 13.1. The lowest BCUT2D eigenvalue weighted by Gasteiger charge is -2.12. The van der Waals surface area contributed by atoms with Gasteiger partial charge in [0.2, 0.25) is 11.0 Å². The molecule has 0 atom stereocenters. The van der Waals surface area contributed by atoms with Gasteiger partial charge in [-0.2, -0.15) is 60.9 Å². The highest BCUT2D eigenvalue weighted by Crippen LogP contribution is 2.47. The van der Waals surface area contributed by atoms with Crippen LogP contribution in [0.5, 0.6) is 23.1 Å². The number of nitrogens with zero attached hydrogens (tertiary/aromatic N) is 10. The number of thioether (sulfide) groups is 1. The van der Waals surface area contributed by atoms with Gasteiger partial charge in [-0.3, -0.25) is 31.7 Å². The third-order valence-corrected chi connectivity index (χ3v) is 19.2. The van der Waals surface area contributed by atoms with Crippen LogP contribution in [0, 0.1) is 25.2 Å². The van der Waals surface area contributed by atoms with Crippen molar-refractivity contribution in [3.63, 3.8) is 0 Å². The van der Waals surface area contributed by atoms with Gasteiger partial charge in [-0.1, -0.05) is 11.3 Å². The molecule has 450 valence electrons. The molecule has 7 N–H and O–H groups in total. The summed E-state index contributed by atoms with van der Waals surface area (Å²) in [6.07, 6.45) is -0.345. The number of methoxy groups -OCH3 is 2. The van der Waals surface area contributed by atoms with Gasteiger partial charge in [0.1, 0.15) is 66.8 Å². The van der Waals surface area contributed by atoms with E-state index in [9.17, 15) is 88.2 Å². The fourth-order valence-corrected chi connectivity index (χ4v) is 14.1. The Bertz CT molecular complexity index is 4990. The molecule has 0 amide bonds. The van der Waals surface area contributed by atoms with Crippen LogP contribution in [0.1, 0.15) is 29.5 Å². The minimum Gasteiger partial charge on any atom is -0.495 e. The number of hydrogen-bond donors (Lipinski definition) is 7. The molecule has 0 aliphatic rings. The maximum atomic E-state index is 12.6. The number of nitriles is 1. The predicted octanol–water partition coefficient (Wildman–Crippen LogP) is 8.72. The summed E-state index contributed by atoms with van der Waals surface area (Å²) in [4.78, 5) is 4.67. The molecule has 8 aromatic rings. The Morgan fingerprint density at radius 1 is 0.635 bits per heavy atom. The van der Waals surface area contributed by atoms with E-state index in [0.717, 1.165) is 29.3 Å². The van der Waals surface area contributed by atoms with E-state index in [2.05, 4.69) is 40.7 Å². The zero-order valence-electron chi connectivity index (χ0n) is 43.4. The van der Waals surface area contributed by atoms with E-state index in [-0.39, 0.29) is 114 Å². The Morgan fingerprint density at radius 2 is 1.25 bits per heavy atom. The predicted molar refractivity (Wildman–Crippen MR) is 302 cm³/mol. The maximum absolute atomic E-state index is 12.6. The van der Waals surface area contributed by atoms with Crippen molar-refractivity contribution in [1.82, 2.24) is 14.4 Å². The monoisotopic (exact) mass is 1330 g/mol. The molecule has 32 nitrogen and oxygen atoms in total. The van der Waals surface area contributed by atoms with Gasteiger partial charge >= 0.3 is 0 Å². The fourth-order valence-electron chi connectivity index (χ4n) is 8.20. The Labute approximate surface area is 489 Å². The summed E-state index contributed by atoms with van der Waals surface area (Å²) in [5, 5.41) is 46.2. The Morgan fingerprint density at radius 3 is 1.86 bits per heavy atom. The molecule has 0 fully saturated rings. The van der Waals surface area contributed by atoms with Crippen molar-refractivity contribution in [3.05, 3.63) is 71.3 Å². The van der Waals surface area contributed by atoms with E-state index in [0.29, 0.717) is 29.0 Å². The van der Waals surface area contributed by atoms with E-state index < -0.39 is 114 Å². The Hall–Kier alpha value is -7.50. The first-order valence-electron chi connectivity index (χ1n) is 23.3. The Kier molecular flexibility index (Phi) is 17.7. The van der Waals surface area contributed by atoms with Gasteiger partial charge in [0.15, 0.2) is 16.2 Å². The first kappa shape index (κ1) is 63.5. The quantitative estimate of drug-likeness (QED) is 0.0144. The molecule has 0 radical (unpaired) electrons. The molecule has 0 bridgehead atoms. The van der Waals surface area contributed by atoms with E-state index in [1.807, 2.05) is 6.07 Å². The van der Waals surface area contributed by atoms with Crippen LogP contribution in [0.2, 0.25) is 0 Å². The van der Waals surface area contributed by atoms with Crippen LogP contribution in [0.25, 0.3) is 37.7 Å². The zero-order chi connectivity index (χ0) is 62.5. The van der Waals surface area contributed by atoms with Crippen LogP contribution in [0.3, 0.4) is 0 Å². The van der Waals surface area contributed by atoms with E-state index in [1.165, 1.54) is 50.4 Å². The summed E-state index contributed by atoms with van der Waals surface area (Å²) in [5.41, 5.74) is -1.52. The van der Waals surface area contributed by atoms with Gasteiger partial charge in [0, 0.05) is 33.4 Å². The largest absolute Gasteiger partial charge is 0.495 e. The third-order valence-electron chi connectivity index (χ3n) is 12.0. The van der Waals surface area contributed by atoms with Gasteiger partial charge in [-0.25, -0.2) is 9.97 Å². The molecule has 3 heterocycles. The molecular formula is C45H40N10O22S8. The molecule has 0 saturated carbocycles. The second-order valence-corrected chi connectivity index (χ2v) is 28.5. The van der Waals surface area contributed by atoms with Crippen molar-refractivity contribution in [1.29, 1.82) is 5.26 Å². The SMILES string of the molecule is COc1cc(N=Nc2cc(OCCCS(=O)(=O)O)c(N=Nc3c(C)c(C#N)c4nc5c(S(=O)(=O)O)c(OC)ccc5n4c3O)cc2C)c(SCCCS(=O)(=O)O)cc1N=Nc1nc2c(S(=O)(=O)O)cc3c(S(=O)(=O)O)cc(S(=O)(=O)O)cc3c2s1. The summed E-state index contributed by atoms with van der Waals surface area (Å²) in [6, 6.07) is 11.5. The number of imidazole rings is 1. The summed E-state index contributed by atoms with van der Waals surface area (Å²) < 4.78 is 222. The molecule has 40 heteroatoms. The summed E-state index contributed by atoms with van der Waals surface area (Å²) in [6.45, 7) is 2.59. The van der Waals surface area contributed by atoms with Crippen molar-refractivity contribution in [3.8, 4) is 29.2 Å². The average Bonchev–Trinajstić information content (AvgIpc) is 1.92. The van der Waals surface area contributed by atoms with E-state index in [1.54, 1.807) is 6.92 Å². The summed E-state index contributed by atoms with van der Waals surface area (Å²) in [7, 11) is -27.2. The molecular weight excluding hydrogens is 1290 g/mol. The van der Waals surface area contributed by atoms with Crippen molar-refractivity contribution in [2.24, 2.45) is 30.7 Å². The molecule has 0 unspecified atom stereocenters. The second kappa shape index (κ2) is 23.8. The Balaban J connectivity index is 1.22. The van der Waals surface area contributed by atoms with Gasteiger partial charge < -0.3 is 19.3 Å². The van der Waals surface area contributed by atoms with Crippen LogP contribution in [-0.2, 0) is 60.7 Å². The first-order chi connectivity index (χ1) is 39.5. The van der Waals surface area contributed by atoms with Crippen molar-refractivity contribution in [2.45, 2.75) is 51.2 Å². The van der Waals surface area contributed by atoms with Gasteiger partial charge in [0.05, 0.1) is 53.1 Å². The van der Waals surface area contributed by atoms with Crippen LogP contribution < -0.4 is 14.2 Å². The minimum absolute atomic E-state index is 0.0114. The average molecular weight is 1330 g/mol. The smallest absolute Gasteiger partial charge is 0.300 e. The van der Waals surface area contributed by atoms with Gasteiger partial charge in [-0.05, 0) is 80.5 Å². The topological polar surface area (TPSA) is 502 Å². The van der Waals surface area contributed by atoms with Crippen LogP contribution >= 0.6 is 23.1 Å². The molecule has 3 aromatic heterocycles. The van der Waals surface area contributed by atoms with Crippen molar-refractivity contribution >= 4 is 155 Å². The zero-order valence-corrected chi connectivity index (χ0v) is 50.0. The molecule has 85 heavy (non-hydrogen) atoms. The van der Waals surface area contributed by atoms with Crippen molar-refractivity contribution in [2.75, 3.05) is 38.1 Å². The summed E-state index contributed by atoms with van der Waals surface area (Å²) in [5.74, 6) is -2.53. The highest BCUT2D eigenvalue weighted by atomic mass is 32.2. The number of benzene rings is 5. The van der Waals surface area contributed by atoms with Crippen LogP contribution in [0.15, 0.2) is 110 Å². The van der Waals surface area contributed by atoms with Gasteiger partial charge in [-0.15, -0.1) is 37.3 Å². The lowest BCUT2D eigenvalue weighted by Crippen LogP contribution is -2.08. The molecule has 0 aliphatic heterocycles. The summed E-state index contributed by atoms with van der Waals surface area (Å²) >= 11 is 1.49. The number of azo groups is 3. The highest BCUT2D eigenvalue weighted by Gasteiger charge is 2.30. The number of ether oxygens (including phenoxy) is 3. The number of fused-ring (bicyclic) bond motifs is 6. The number of aryl methyl sites for hydroxylation is 1. The number of aromatic hydroxyl groups is 1. The number of rotatable bonds is 22. The lowest BCUT2D eigenvalue weighted by atomic mass is 10.1. The number of thiazole rings is 1. The standard InChI is InChI=1S/C45H40N10O22S8/c1-21-13-28(50-53-38-22(2)26(20-46)43-47-39-31(55(43)44(38)56)7-8-32(75-3)42(39)85(72,73)74)34(77-9-5-11-80(57,58)59)17-27(21)49-52-30-18-33(76-4)29(19-35(30)78-10-6-12-81(60,61)62)51-54-45-48-40-37(84(69,70)71)16-24-25(41(40)79-45)14-23(82(63,64)65)15-36(24)83(66,67)68/h7-8,13-19,56H,5-6,9-12H2,1-4H3,(H,57,58,59)(H,60,61,62)(H,63,64,65)(H,66,67,68)(H,69,70,71)(H,72,73,74). The molecule has 5 aromatic carbocycles. The lowest BCUT2D eigenvalue weighted by molar-refractivity contribution is 0.317. The van der Waals surface area contributed by atoms with E-state index in [4.69, 9.17) is 14.2 Å². The minimum atomic E-state index is -5.33. The van der Waals surface area contributed by atoms with Crippen LogP contribution in [-0.4, -0.2) is 135 Å². The van der Waals surface area contributed by atoms with E-state index >= 15 is 0 Å². The van der Waals surface area contributed by atoms with Crippen molar-refractivity contribution < 1.29 is 97.1 Å². The maximum Gasteiger partial charge on any atom is 0.300 e. The van der Waals surface area contributed by atoms with Crippen LogP contribution in [0.4, 0.5) is 33.6 Å². The number of hydrogen-bond acceptors (Lipinski definition) is 27. The fraction of sp³-hybridized carbons (Fsp3) is 0.222. The molecule has 0 saturated heterocycles. The second-order valence-electron chi connectivity index (χ2n) is 17.7. The van der Waals surface area contributed by atoms with Gasteiger partial charge in [0.25, 0.3) is 60.7 Å². The first-order valence-corrected chi connectivity index (χ1v) is 34.0. The molecule has 8 rings (SSSR count). The number of aromatic nitrogens is 3. The highest BCUT2D eigenvalue weighted by molar-refractivity contribution is 7.99.